The van der Waals surface area contributed by atoms with Gasteiger partial charge in [0, 0.05) is 30.3 Å². The summed E-state index contributed by atoms with van der Waals surface area (Å²) < 4.78 is 0. The Morgan fingerprint density at radius 1 is 1.40 bits per heavy atom. The largest absolute Gasteiger partial charge is 0.481 e. The Balaban J connectivity index is 1.94. The lowest BCUT2D eigenvalue weighted by Gasteiger charge is -2.20. The van der Waals surface area contributed by atoms with E-state index in [2.05, 4.69) is 5.32 Å². The number of carboxylic acids is 1. The van der Waals surface area contributed by atoms with E-state index in [-0.39, 0.29) is 30.2 Å². The van der Waals surface area contributed by atoms with Crippen LogP contribution in [0.25, 0.3) is 0 Å². The molecule has 1 aliphatic heterocycles. The molecule has 1 atom stereocenters. The van der Waals surface area contributed by atoms with Crippen molar-refractivity contribution in [3.63, 3.8) is 0 Å². The maximum absolute atomic E-state index is 12.1. The minimum absolute atomic E-state index is 0.0855. The third-order valence-electron chi connectivity index (χ3n) is 4.40. The highest BCUT2D eigenvalue weighted by Crippen LogP contribution is 2.29. The second-order valence-electron chi connectivity index (χ2n) is 6.37. The van der Waals surface area contributed by atoms with Crippen LogP contribution < -0.4 is 5.32 Å². The third kappa shape index (κ3) is 3.93. The van der Waals surface area contributed by atoms with Crippen LogP contribution in [-0.4, -0.2) is 52.3 Å². The van der Waals surface area contributed by atoms with Gasteiger partial charge in [0.15, 0.2) is 0 Å². The molecule has 2 rings (SSSR count). The molecule has 1 saturated heterocycles. The van der Waals surface area contributed by atoms with Crippen molar-refractivity contribution in [1.82, 2.24) is 10.2 Å². The van der Waals surface area contributed by atoms with Crippen LogP contribution in [0.2, 0.25) is 0 Å². The number of aliphatic carboxylic acids is 1. The number of likely N-dealkylation sites (tertiary alicyclic amines) is 1. The molecule has 1 heterocycles. The molecule has 9 nitrogen and oxygen atoms in total. The Kier molecular flexibility index (Phi) is 5.05. The average Bonchev–Trinajstić information content (AvgIpc) is 2.95. The molecule has 134 valence electrons. The second kappa shape index (κ2) is 6.88. The van der Waals surface area contributed by atoms with E-state index >= 15 is 0 Å². The smallest absolute Gasteiger partial charge is 0.311 e. The zero-order valence-corrected chi connectivity index (χ0v) is 13.9. The number of nitro benzene ring substituents is 1. The van der Waals surface area contributed by atoms with Crippen LogP contribution in [0, 0.1) is 22.5 Å². The Labute approximate surface area is 143 Å². The minimum Gasteiger partial charge on any atom is -0.481 e. The summed E-state index contributed by atoms with van der Waals surface area (Å²) in [5, 5.41) is 22.4. The van der Waals surface area contributed by atoms with E-state index in [4.69, 9.17) is 0 Å². The molecule has 1 aromatic carbocycles. The number of benzene rings is 1. The van der Waals surface area contributed by atoms with Gasteiger partial charge in [0.05, 0.1) is 16.9 Å². The summed E-state index contributed by atoms with van der Waals surface area (Å²) in [4.78, 5) is 47.1. The summed E-state index contributed by atoms with van der Waals surface area (Å²) in [5.74, 6) is -1.84. The predicted molar refractivity (Wildman–Crippen MR) is 87.1 cm³/mol. The highest BCUT2D eigenvalue weighted by atomic mass is 16.6. The van der Waals surface area contributed by atoms with E-state index in [9.17, 15) is 29.6 Å². The molecule has 1 fully saturated rings. The van der Waals surface area contributed by atoms with E-state index in [0.717, 1.165) is 0 Å². The summed E-state index contributed by atoms with van der Waals surface area (Å²) in [6.45, 7) is 3.28. The van der Waals surface area contributed by atoms with Gasteiger partial charge in [-0.2, -0.15) is 0 Å². The summed E-state index contributed by atoms with van der Waals surface area (Å²) >= 11 is 0. The zero-order valence-electron chi connectivity index (χ0n) is 13.9. The van der Waals surface area contributed by atoms with Gasteiger partial charge >= 0.3 is 5.97 Å². The number of hydrogen-bond donors (Lipinski definition) is 2. The van der Waals surface area contributed by atoms with Gasteiger partial charge in [-0.15, -0.1) is 0 Å². The maximum atomic E-state index is 12.1. The lowest BCUT2D eigenvalue weighted by Crippen LogP contribution is -2.41. The van der Waals surface area contributed by atoms with Gasteiger partial charge in [-0.05, 0) is 32.4 Å². The molecule has 2 amide bonds. The van der Waals surface area contributed by atoms with Crippen molar-refractivity contribution in [2.75, 3.05) is 19.6 Å². The molecular weight excluding hydrogens is 330 g/mol. The van der Waals surface area contributed by atoms with Gasteiger partial charge in [0.2, 0.25) is 5.91 Å². The Bertz CT molecular complexity index is 747. The second-order valence-corrected chi connectivity index (χ2v) is 6.37. The van der Waals surface area contributed by atoms with Crippen LogP contribution >= 0.6 is 0 Å². The number of rotatable bonds is 5. The molecule has 0 radical (unpaired) electrons. The number of carbonyl (C=O) groups excluding carboxylic acids is 2. The lowest BCUT2D eigenvalue weighted by atomic mass is 9.90. The highest BCUT2D eigenvalue weighted by molar-refractivity contribution is 5.97. The number of carboxylic acid groups (broad SMARTS) is 1. The molecule has 0 spiro atoms. The van der Waals surface area contributed by atoms with Gasteiger partial charge in [-0.3, -0.25) is 24.5 Å². The molecule has 1 unspecified atom stereocenters. The average molecular weight is 349 g/mol. The molecule has 0 aromatic heterocycles. The number of nitrogens with zero attached hydrogens (tertiary/aromatic N) is 2. The number of amides is 2. The van der Waals surface area contributed by atoms with E-state index in [1.807, 2.05) is 0 Å². The molecule has 2 N–H and O–H groups in total. The van der Waals surface area contributed by atoms with Gasteiger partial charge in [-0.25, -0.2) is 0 Å². The summed E-state index contributed by atoms with van der Waals surface area (Å²) in [5.41, 5.74) is -0.485. The molecule has 1 aliphatic rings. The van der Waals surface area contributed by atoms with Gasteiger partial charge < -0.3 is 15.3 Å². The predicted octanol–water partition coefficient (Wildman–Crippen LogP) is 0.956. The highest BCUT2D eigenvalue weighted by Gasteiger charge is 2.41. The Morgan fingerprint density at radius 3 is 2.60 bits per heavy atom. The number of hydrogen-bond acceptors (Lipinski definition) is 5. The van der Waals surface area contributed by atoms with Crippen molar-refractivity contribution < 1.29 is 24.4 Å². The summed E-state index contributed by atoms with van der Waals surface area (Å²) in [7, 11) is 0. The minimum atomic E-state index is -0.963. The number of carbonyl (C=O) groups is 3. The maximum Gasteiger partial charge on any atom is 0.311 e. The molecule has 0 bridgehead atoms. The van der Waals surface area contributed by atoms with E-state index < -0.39 is 22.2 Å². The first-order valence-electron chi connectivity index (χ1n) is 7.68. The molecule has 0 saturated carbocycles. The topological polar surface area (TPSA) is 130 Å². The molecular formula is C16H19N3O6. The van der Waals surface area contributed by atoms with Gasteiger partial charge in [-0.1, -0.05) is 0 Å². The molecule has 25 heavy (non-hydrogen) atoms. The van der Waals surface area contributed by atoms with Crippen LogP contribution in [0.4, 0.5) is 5.69 Å². The number of aryl methyl sites for hydroxylation is 1. The molecule has 1 aromatic rings. The van der Waals surface area contributed by atoms with Crippen molar-refractivity contribution in [2.24, 2.45) is 5.41 Å². The van der Waals surface area contributed by atoms with Crippen molar-refractivity contribution in [3.8, 4) is 0 Å². The van der Waals surface area contributed by atoms with Crippen LogP contribution in [0.3, 0.4) is 0 Å². The Hall–Kier alpha value is -2.97. The Morgan fingerprint density at radius 2 is 2.08 bits per heavy atom. The summed E-state index contributed by atoms with van der Waals surface area (Å²) in [6.07, 6.45) is 0.365. The lowest BCUT2D eigenvalue weighted by molar-refractivity contribution is -0.385. The summed E-state index contributed by atoms with van der Waals surface area (Å²) in [6, 6.07) is 3.95. The monoisotopic (exact) mass is 349 g/mol. The standard InChI is InChI=1S/C16H19N3O6/c1-10-7-11(3-4-12(10)19(24)25)14(21)17-8-13(20)18-6-5-16(2,9-18)15(22)23/h3-4,7H,5-6,8-9H2,1-2H3,(H,17,21)(H,22,23). The van der Waals surface area contributed by atoms with Crippen LogP contribution in [0.1, 0.15) is 29.3 Å². The van der Waals surface area contributed by atoms with E-state index in [1.165, 1.54) is 30.0 Å². The van der Waals surface area contributed by atoms with Crippen LogP contribution in [-0.2, 0) is 9.59 Å². The van der Waals surface area contributed by atoms with Gasteiger partial charge in [0.1, 0.15) is 0 Å². The third-order valence-corrected chi connectivity index (χ3v) is 4.40. The van der Waals surface area contributed by atoms with Gasteiger partial charge in [0.25, 0.3) is 11.6 Å². The zero-order chi connectivity index (χ0) is 18.8. The number of nitrogens with one attached hydrogen (secondary N) is 1. The first kappa shape index (κ1) is 18.4. The normalized spacial score (nSPS) is 19.5. The van der Waals surface area contributed by atoms with Crippen LogP contribution in [0.5, 0.6) is 0 Å². The fraction of sp³-hybridized carbons (Fsp3) is 0.438. The van der Waals surface area contributed by atoms with Crippen molar-refractivity contribution in [3.05, 3.63) is 39.4 Å². The van der Waals surface area contributed by atoms with Crippen molar-refractivity contribution >= 4 is 23.5 Å². The fourth-order valence-corrected chi connectivity index (χ4v) is 2.72. The quantitative estimate of drug-likeness (QED) is 0.601. The van der Waals surface area contributed by atoms with Crippen molar-refractivity contribution in [2.45, 2.75) is 20.3 Å². The van der Waals surface area contributed by atoms with E-state index in [0.29, 0.717) is 18.5 Å². The van der Waals surface area contributed by atoms with E-state index in [1.54, 1.807) is 6.92 Å². The van der Waals surface area contributed by atoms with Crippen molar-refractivity contribution in [1.29, 1.82) is 0 Å². The fourth-order valence-electron chi connectivity index (χ4n) is 2.72. The first-order chi connectivity index (χ1) is 11.6. The van der Waals surface area contributed by atoms with Crippen LogP contribution in [0.15, 0.2) is 18.2 Å². The SMILES string of the molecule is Cc1cc(C(=O)NCC(=O)N2CCC(C)(C(=O)O)C2)ccc1[N+](=O)[O-]. The molecule has 0 aliphatic carbocycles. The number of nitro groups is 1. The first-order valence-corrected chi connectivity index (χ1v) is 7.68. The molecule has 9 heteroatoms.